The molecule has 0 spiro atoms. The minimum absolute atomic E-state index is 0. The molecule has 775 valence electrons. The van der Waals surface area contributed by atoms with Crippen LogP contribution in [0.3, 0.4) is 0 Å². The second-order valence-electron chi connectivity index (χ2n) is 44.4. The molecule has 2 unspecified atom stereocenters. The maximum absolute atomic E-state index is 16.2. The molecule has 3 aromatic heterocycles. The Morgan fingerprint density at radius 3 is 1.01 bits per heavy atom. The van der Waals surface area contributed by atoms with Crippen LogP contribution < -0.4 is 28.4 Å². The van der Waals surface area contributed by atoms with Crippen LogP contribution in [-0.4, -0.2) is 193 Å². The molecule has 3 amide bonds. The van der Waals surface area contributed by atoms with E-state index in [-0.39, 0.29) is 183 Å². The van der Waals surface area contributed by atoms with E-state index in [4.69, 9.17) is 42.6 Å². The van der Waals surface area contributed by atoms with Gasteiger partial charge in [0.15, 0.2) is 17.1 Å². The Balaban J connectivity index is 0.000000169. The number of methoxy groups -OCH3 is 3. The summed E-state index contributed by atoms with van der Waals surface area (Å²) in [7, 11) is 4.51. The molecule has 10 fully saturated rings. The van der Waals surface area contributed by atoms with Crippen molar-refractivity contribution in [1.29, 1.82) is 0 Å². The smallest absolute Gasteiger partial charge is 0.307 e. The molecule has 7 saturated carbocycles. The zero-order valence-corrected chi connectivity index (χ0v) is 88.1. The normalized spacial score (nSPS) is 33.4. The predicted octanol–water partition coefficient (Wildman–Crippen LogP) is 19.2. The standard InChI is InChI=1S/C37H46F2N3O6.C36H46F2N3O6.C34H42F2N3O6.3V/c1-21-29(20-43)42-19-30(21)47-33-32(40-27-11-10-23(46-4)16-28(27)41-33)37(38,39)14-6-5-9-25-24-15-22(24)18-36(25,3)48-31(44)17-26(34(42)45)35(2)12-7-8-13-35;1-22-28(21-42)41-20-29(22)46-32-31(39-26-13-12-24(45-4)18-27(26)40-32)36(37,38)17-6-5-10-23-11-9-16-35(23,3)47-30(43)19-25(33(41)44)34(2)14-7-8-15-34;1-20-26(19-40)39-18-27(20)44-30-29(37-24-11-10-22(43-4)15-25(24)38-30)34(35,36)14-6-5-9-21-17-33(21,3)45-28(41)16-23(31(39)42)32(2)12-7-8-13-32;;;/h10-11,16,21-22,24-26,29-30H,5-9,12-15,17-19H2,1-4H3;12-13,18,22-23,25,28-29H,5-11,14-17,19-20H2,1-4H3;10-11,15,20-21,23,26-27H,5-9,12-14,16-18H2,1-4H3;;;/q3*-1;;;/t21-,22?,24?,25+,26+,29+,30-,36+;22-,23+,25+,28+,29-,35+;20-,21+,23+,26+,27-,33+;;;/m000.../s1. The molecular formula is C107H134F6N9O18V3-3. The molecule has 3 saturated heterocycles. The van der Waals surface area contributed by atoms with E-state index in [1.54, 1.807) is 75.4 Å². The number of carbonyl (C=O) groups excluding carboxylic acids is 9. The number of carbonyl (C=O) groups is 6. The molecule has 143 heavy (non-hydrogen) atoms. The largest absolute Gasteiger partial charge is 0.540 e. The van der Waals surface area contributed by atoms with Crippen molar-refractivity contribution >= 4 is 87.6 Å². The summed E-state index contributed by atoms with van der Waals surface area (Å²) in [5.41, 5.74) is -3.25. The number of aromatic nitrogens is 6. The maximum atomic E-state index is 16.2. The summed E-state index contributed by atoms with van der Waals surface area (Å²) < 4.78 is 150. The first-order chi connectivity index (χ1) is 66.6. The van der Waals surface area contributed by atoms with Crippen LogP contribution in [0.1, 0.15) is 291 Å². The summed E-state index contributed by atoms with van der Waals surface area (Å²) in [6.07, 6.45) is 21.6. The Labute approximate surface area is 868 Å². The van der Waals surface area contributed by atoms with Gasteiger partial charge in [-0.3, -0.25) is 28.8 Å². The molecule has 6 aromatic rings. The number of halogens is 6. The van der Waals surface area contributed by atoms with Crippen LogP contribution in [0.15, 0.2) is 54.6 Å². The number of amides is 3. The average molecular weight is 2100 g/mol. The van der Waals surface area contributed by atoms with Crippen LogP contribution in [-0.2, 0) is 131 Å². The number of alkyl halides is 6. The minimum Gasteiger partial charge on any atom is -0.540 e. The molecular weight excluding hydrogens is 1970 g/mol. The molecule has 3 radical (unpaired) electrons. The van der Waals surface area contributed by atoms with Gasteiger partial charge in [0.05, 0.1) is 111 Å². The molecule has 20 atom stereocenters. The van der Waals surface area contributed by atoms with Crippen LogP contribution in [0, 0.1) is 81.3 Å². The SMILES string of the molecule is COc1ccc2nc3c(nc2c1)O[C@H]1CN(C(=O)[C@H](C2(C)CCCC2)CC(=O)O[C@]2(C)CC4CC4[C@H]2CCCCC3(F)F)[C@H]([C-]=O)[C@@H]1C.COc1ccc2nc3c(nc2c1)O[C@H]1CN(C(=O)[C@H](C2(C)CCCC2)CC(=O)O[C@]2(C)CCC[C@H]2CCCCC3(F)F)[C@H]([C-]=O)[C@@H]1C.COc1ccc2nc3c(nc2c1)O[C@H]1CN(C(=O)[C@H](C2(C)CCCC2)CC(=O)O[C@]2(C)C[C@H]2CCCCC3(F)F)[C@H]([C-]=O)[C@@H]1C.[V].[V].[V]. The summed E-state index contributed by atoms with van der Waals surface area (Å²) in [6, 6.07) is 11.6. The van der Waals surface area contributed by atoms with Crippen LogP contribution in [0.4, 0.5) is 26.3 Å². The number of hydrogen-bond acceptors (Lipinski definition) is 24. The van der Waals surface area contributed by atoms with E-state index >= 15 is 26.3 Å². The summed E-state index contributed by atoms with van der Waals surface area (Å²) in [6.45, 7) is 17.0. The van der Waals surface area contributed by atoms with Crippen LogP contribution in [0.2, 0.25) is 0 Å². The van der Waals surface area contributed by atoms with Gasteiger partial charge in [-0.1, -0.05) is 117 Å². The third-order valence-electron chi connectivity index (χ3n) is 35.0. The van der Waals surface area contributed by atoms with Crippen LogP contribution in [0.5, 0.6) is 34.9 Å². The topological polar surface area (TPSA) is 324 Å². The van der Waals surface area contributed by atoms with E-state index in [9.17, 15) is 43.2 Å². The van der Waals surface area contributed by atoms with Gasteiger partial charge in [0.1, 0.15) is 52.4 Å². The Kier molecular flexibility index (Phi) is 33.8. The molecule has 27 nitrogen and oxygen atoms in total. The second kappa shape index (κ2) is 43.8. The first-order valence-electron chi connectivity index (χ1n) is 51.0. The van der Waals surface area contributed by atoms with E-state index in [0.717, 1.165) is 103 Å². The third-order valence-corrected chi connectivity index (χ3v) is 35.0. The van der Waals surface area contributed by atoms with Crippen molar-refractivity contribution in [2.75, 3.05) is 41.0 Å². The Hall–Kier alpha value is -8.36. The fraction of sp³-hybridized carbons (Fsp3) is 0.692. The van der Waals surface area contributed by atoms with Gasteiger partial charge in [-0.25, -0.2) is 48.8 Å². The number of fused-ring (bicyclic) bond motifs is 17. The first kappa shape index (κ1) is 110. The molecule has 6 bridgehead atoms. The Morgan fingerprint density at radius 2 is 0.671 bits per heavy atom. The van der Waals surface area contributed by atoms with Crippen molar-refractivity contribution in [2.24, 2.45) is 81.3 Å². The zero-order valence-electron chi connectivity index (χ0n) is 83.9. The molecule has 9 heterocycles. The average Bonchev–Trinajstić information content (AvgIpc) is 1.66. The summed E-state index contributed by atoms with van der Waals surface area (Å²) >= 11 is 0. The molecule has 36 heteroatoms. The number of nitrogens with zero attached hydrogens (tertiary/aromatic N) is 9. The summed E-state index contributed by atoms with van der Waals surface area (Å²) in [4.78, 5) is 152. The van der Waals surface area contributed by atoms with E-state index in [1.807, 2.05) is 53.5 Å². The minimum atomic E-state index is -3.36. The van der Waals surface area contributed by atoms with E-state index in [2.05, 4.69) is 36.8 Å². The van der Waals surface area contributed by atoms with Crippen molar-refractivity contribution in [1.82, 2.24) is 44.6 Å². The quantitative estimate of drug-likeness (QED) is 0.0562. The second-order valence-corrected chi connectivity index (χ2v) is 44.4. The predicted molar refractivity (Wildman–Crippen MR) is 502 cm³/mol. The molecule has 3 aromatic carbocycles. The summed E-state index contributed by atoms with van der Waals surface area (Å²) in [5, 5.41) is 0. The van der Waals surface area contributed by atoms with Crippen LogP contribution in [0.25, 0.3) is 33.1 Å². The molecule has 0 N–H and O–H groups in total. The number of benzene rings is 3. The number of hydrogen-bond donors (Lipinski definition) is 0. The molecule has 19 rings (SSSR count). The Bertz CT molecular complexity index is 5680. The van der Waals surface area contributed by atoms with Gasteiger partial charge in [-0.2, -0.15) is 26.3 Å². The van der Waals surface area contributed by atoms with Gasteiger partial charge in [0, 0.05) is 105 Å². The Morgan fingerprint density at radius 1 is 0.364 bits per heavy atom. The van der Waals surface area contributed by atoms with Gasteiger partial charge >= 0.3 is 17.9 Å². The van der Waals surface area contributed by atoms with E-state index < -0.39 is 177 Å². The van der Waals surface area contributed by atoms with Crippen molar-refractivity contribution < 1.29 is 168 Å². The number of esters is 3. The first-order valence-corrected chi connectivity index (χ1v) is 51.0. The zero-order chi connectivity index (χ0) is 99.7. The third kappa shape index (κ3) is 22.7. The van der Waals surface area contributed by atoms with Crippen molar-refractivity contribution in [3.63, 3.8) is 0 Å². The van der Waals surface area contributed by atoms with Gasteiger partial charge in [-0.15, -0.1) is 0 Å². The number of rotatable bonds is 9. The summed E-state index contributed by atoms with van der Waals surface area (Å²) in [5.74, 6) is -14.5. The van der Waals surface area contributed by atoms with E-state index in [0.29, 0.717) is 97.0 Å². The van der Waals surface area contributed by atoms with Crippen molar-refractivity contribution in [2.45, 2.75) is 345 Å². The van der Waals surface area contributed by atoms with Gasteiger partial charge in [-0.05, 0) is 224 Å². The fourth-order valence-corrected chi connectivity index (χ4v) is 25.9. The molecule has 13 aliphatic rings. The van der Waals surface area contributed by atoms with Gasteiger partial charge in [0.2, 0.25) is 35.4 Å². The maximum Gasteiger partial charge on any atom is 0.307 e. The van der Waals surface area contributed by atoms with Gasteiger partial charge in [0.25, 0.3) is 17.8 Å². The van der Waals surface area contributed by atoms with E-state index in [1.165, 1.54) is 36.0 Å². The molecule has 6 aliphatic heterocycles. The number of ether oxygens (including phenoxy) is 9. The van der Waals surface area contributed by atoms with Crippen molar-refractivity contribution in [3.8, 4) is 34.9 Å². The van der Waals surface area contributed by atoms with Crippen LogP contribution >= 0.6 is 0 Å². The molecule has 7 aliphatic carbocycles. The van der Waals surface area contributed by atoms with Gasteiger partial charge < -0.3 is 71.7 Å². The fourth-order valence-electron chi connectivity index (χ4n) is 25.9. The van der Waals surface area contributed by atoms with Crippen molar-refractivity contribution in [3.05, 3.63) is 71.7 Å². The monoisotopic (exact) mass is 2100 g/mol.